The molecule has 0 aromatic heterocycles. The van der Waals surface area contributed by atoms with Gasteiger partial charge in [-0.1, -0.05) is 24.3 Å². The zero-order valence-corrected chi connectivity index (χ0v) is 11.8. The Hall–Kier alpha value is -1.85. The summed E-state index contributed by atoms with van der Waals surface area (Å²) in [6.45, 7) is 6.96. The van der Waals surface area contributed by atoms with Crippen LogP contribution in [0.4, 0.5) is 0 Å². The van der Waals surface area contributed by atoms with E-state index < -0.39 is 6.04 Å². The number of phenolic OH excluding ortho intramolecular Hbond substituents is 1. The highest BCUT2D eigenvalue weighted by Gasteiger charge is 2.13. The number of rotatable bonds is 8. The number of hydrogen-bond acceptors (Lipinski definition) is 4. The molecule has 1 amide bonds. The Morgan fingerprint density at radius 2 is 2.10 bits per heavy atom. The minimum absolute atomic E-state index is 0.196. The fraction of sp³-hybridized carbons (Fsp3) is 0.400. The number of carbonyl (C=O) groups is 1. The van der Waals surface area contributed by atoms with Gasteiger partial charge in [0.05, 0.1) is 19.3 Å². The van der Waals surface area contributed by atoms with Gasteiger partial charge < -0.3 is 20.9 Å². The highest BCUT2D eigenvalue weighted by molar-refractivity contribution is 5.81. The highest BCUT2D eigenvalue weighted by atomic mass is 16.5. The van der Waals surface area contributed by atoms with Crippen LogP contribution in [0, 0.1) is 0 Å². The quantitative estimate of drug-likeness (QED) is 0.488. The highest BCUT2D eigenvalue weighted by Crippen LogP contribution is 2.10. The Labute approximate surface area is 119 Å². The summed E-state index contributed by atoms with van der Waals surface area (Å²) in [6, 6.07) is 6.04. The number of hydrogen-bond donors (Lipinski definition) is 3. The van der Waals surface area contributed by atoms with Crippen molar-refractivity contribution in [2.45, 2.75) is 19.4 Å². The van der Waals surface area contributed by atoms with Crippen LogP contribution < -0.4 is 11.1 Å². The first-order chi connectivity index (χ1) is 9.49. The molecule has 1 aromatic carbocycles. The molecule has 0 saturated carbocycles. The summed E-state index contributed by atoms with van der Waals surface area (Å²) in [7, 11) is 0. The van der Waals surface area contributed by atoms with E-state index in [0.29, 0.717) is 26.2 Å². The third-order valence-electron chi connectivity index (χ3n) is 2.62. The zero-order chi connectivity index (χ0) is 15.0. The van der Waals surface area contributed by atoms with Gasteiger partial charge >= 0.3 is 0 Å². The summed E-state index contributed by atoms with van der Waals surface area (Å²) in [4.78, 5) is 11.8. The average molecular weight is 278 g/mol. The molecule has 5 heteroatoms. The third kappa shape index (κ3) is 6.36. The van der Waals surface area contributed by atoms with Crippen LogP contribution in [0.25, 0.3) is 0 Å². The van der Waals surface area contributed by atoms with Crippen LogP contribution in [0.3, 0.4) is 0 Å². The number of nitrogens with two attached hydrogens (primary N) is 1. The van der Waals surface area contributed by atoms with E-state index >= 15 is 0 Å². The lowest BCUT2D eigenvalue weighted by Gasteiger charge is -2.12. The van der Waals surface area contributed by atoms with Crippen molar-refractivity contribution in [3.8, 4) is 5.75 Å². The van der Waals surface area contributed by atoms with E-state index in [1.807, 2.05) is 6.92 Å². The predicted molar refractivity (Wildman–Crippen MR) is 78.4 cm³/mol. The van der Waals surface area contributed by atoms with Gasteiger partial charge in [-0.2, -0.15) is 0 Å². The Kier molecular flexibility index (Phi) is 6.76. The minimum atomic E-state index is -0.610. The van der Waals surface area contributed by atoms with Gasteiger partial charge in [0.25, 0.3) is 0 Å². The van der Waals surface area contributed by atoms with Crippen molar-refractivity contribution in [2.24, 2.45) is 5.73 Å². The van der Waals surface area contributed by atoms with Crippen molar-refractivity contribution in [1.29, 1.82) is 0 Å². The molecule has 1 rings (SSSR count). The lowest BCUT2D eigenvalue weighted by atomic mass is 10.1. The van der Waals surface area contributed by atoms with Gasteiger partial charge in [0.15, 0.2) is 0 Å². The second-order valence-electron chi connectivity index (χ2n) is 4.78. The summed E-state index contributed by atoms with van der Waals surface area (Å²) in [5.41, 5.74) is 7.67. The van der Waals surface area contributed by atoms with Gasteiger partial charge in [-0.3, -0.25) is 4.79 Å². The molecule has 0 bridgehead atoms. The standard InChI is InChI=1S/C15H22N2O3/c1-11(2)10-20-8-7-17-15(19)14(16)9-12-3-5-13(18)6-4-12/h3-6,14,18H,1,7-10,16H2,2H3,(H,17,19). The molecule has 0 aliphatic rings. The Bertz CT molecular complexity index is 443. The number of ether oxygens (including phenoxy) is 1. The Morgan fingerprint density at radius 3 is 2.70 bits per heavy atom. The second kappa shape index (κ2) is 8.35. The number of aromatic hydroxyl groups is 1. The number of carbonyl (C=O) groups excluding carboxylic acids is 1. The summed E-state index contributed by atoms with van der Waals surface area (Å²) < 4.78 is 5.27. The molecule has 0 heterocycles. The SMILES string of the molecule is C=C(C)COCCNC(=O)C(N)Cc1ccc(O)cc1. The maximum Gasteiger partial charge on any atom is 0.237 e. The molecule has 5 nitrogen and oxygen atoms in total. The molecule has 0 aliphatic heterocycles. The number of benzene rings is 1. The van der Waals surface area contributed by atoms with Gasteiger partial charge in [0, 0.05) is 6.54 Å². The lowest BCUT2D eigenvalue weighted by Crippen LogP contribution is -2.43. The molecule has 1 aromatic rings. The molecule has 1 unspecified atom stereocenters. The molecule has 0 aliphatic carbocycles. The van der Waals surface area contributed by atoms with Crippen LogP contribution in [-0.4, -0.2) is 36.8 Å². The van der Waals surface area contributed by atoms with Crippen LogP contribution >= 0.6 is 0 Å². The van der Waals surface area contributed by atoms with Crippen molar-refractivity contribution in [3.05, 3.63) is 42.0 Å². The van der Waals surface area contributed by atoms with Crippen molar-refractivity contribution in [3.63, 3.8) is 0 Å². The molecule has 0 saturated heterocycles. The summed E-state index contributed by atoms with van der Waals surface area (Å²) >= 11 is 0. The van der Waals surface area contributed by atoms with E-state index in [9.17, 15) is 9.90 Å². The topological polar surface area (TPSA) is 84.6 Å². The molecule has 4 N–H and O–H groups in total. The third-order valence-corrected chi connectivity index (χ3v) is 2.62. The van der Waals surface area contributed by atoms with E-state index in [1.54, 1.807) is 24.3 Å². The maximum atomic E-state index is 11.8. The van der Waals surface area contributed by atoms with E-state index in [-0.39, 0.29) is 11.7 Å². The van der Waals surface area contributed by atoms with Crippen molar-refractivity contribution < 1.29 is 14.6 Å². The van der Waals surface area contributed by atoms with Crippen LogP contribution in [-0.2, 0) is 16.0 Å². The van der Waals surface area contributed by atoms with E-state index in [4.69, 9.17) is 10.5 Å². The number of nitrogens with one attached hydrogen (secondary N) is 1. The van der Waals surface area contributed by atoms with Crippen LogP contribution in [0.5, 0.6) is 5.75 Å². The maximum absolute atomic E-state index is 11.8. The smallest absolute Gasteiger partial charge is 0.237 e. The molecule has 0 radical (unpaired) electrons. The van der Waals surface area contributed by atoms with Gasteiger partial charge in [-0.15, -0.1) is 0 Å². The lowest BCUT2D eigenvalue weighted by molar-refractivity contribution is -0.122. The molecular weight excluding hydrogens is 256 g/mol. The Morgan fingerprint density at radius 1 is 1.45 bits per heavy atom. The van der Waals surface area contributed by atoms with Crippen LogP contribution in [0.1, 0.15) is 12.5 Å². The fourth-order valence-electron chi connectivity index (χ4n) is 1.60. The van der Waals surface area contributed by atoms with Gasteiger partial charge in [0.1, 0.15) is 5.75 Å². The predicted octanol–water partition coefficient (Wildman–Crippen LogP) is 0.971. The first-order valence-electron chi connectivity index (χ1n) is 6.52. The molecule has 0 spiro atoms. The largest absolute Gasteiger partial charge is 0.508 e. The molecular formula is C15H22N2O3. The van der Waals surface area contributed by atoms with Crippen molar-refractivity contribution >= 4 is 5.91 Å². The first-order valence-corrected chi connectivity index (χ1v) is 6.52. The number of phenols is 1. The average Bonchev–Trinajstić information content (AvgIpc) is 2.40. The van der Waals surface area contributed by atoms with Gasteiger partial charge in [-0.05, 0) is 31.0 Å². The van der Waals surface area contributed by atoms with Crippen molar-refractivity contribution in [2.75, 3.05) is 19.8 Å². The number of amides is 1. The fourth-order valence-corrected chi connectivity index (χ4v) is 1.60. The molecule has 20 heavy (non-hydrogen) atoms. The van der Waals surface area contributed by atoms with Gasteiger partial charge in [-0.25, -0.2) is 0 Å². The van der Waals surface area contributed by atoms with E-state index in [2.05, 4.69) is 11.9 Å². The summed E-state index contributed by atoms with van der Waals surface area (Å²) in [5.74, 6) is -0.0153. The monoisotopic (exact) mass is 278 g/mol. The summed E-state index contributed by atoms with van der Waals surface area (Å²) in [5, 5.41) is 11.9. The van der Waals surface area contributed by atoms with E-state index in [1.165, 1.54) is 0 Å². The second-order valence-corrected chi connectivity index (χ2v) is 4.78. The van der Waals surface area contributed by atoms with Gasteiger partial charge in [0.2, 0.25) is 5.91 Å². The first kappa shape index (κ1) is 16.2. The normalized spacial score (nSPS) is 11.9. The van der Waals surface area contributed by atoms with Crippen LogP contribution in [0.15, 0.2) is 36.4 Å². The van der Waals surface area contributed by atoms with E-state index in [0.717, 1.165) is 11.1 Å². The minimum Gasteiger partial charge on any atom is -0.508 e. The van der Waals surface area contributed by atoms with Crippen molar-refractivity contribution in [1.82, 2.24) is 5.32 Å². The molecule has 0 fully saturated rings. The van der Waals surface area contributed by atoms with Crippen LogP contribution in [0.2, 0.25) is 0 Å². The molecule has 110 valence electrons. The molecule has 1 atom stereocenters. The summed E-state index contributed by atoms with van der Waals surface area (Å²) in [6.07, 6.45) is 0.429. The zero-order valence-electron chi connectivity index (χ0n) is 11.8. The Balaban J connectivity index is 2.25.